The highest BCUT2D eigenvalue weighted by molar-refractivity contribution is 7.53. The summed E-state index contributed by atoms with van der Waals surface area (Å²) in [5, 5.41) is -0.162. The van der Waals surface area contributed by atoms with Gasteiger partial charge in [-0.3, -0.25) is 0 Å². The standard InChI is InChI=1S/C11H21O3P/c1-10(2,3)8-7-9(11(4,5)6)15(12,13)14/h8H,1-6H3,(H2,12,13,14)/p-2. The van der Waals surface area contributed by atoms with E-state index in [1.165, 1.54) is 0 Å². The molecule has 0 unspecified atom stereocenters. The third kappa shape index (κ3) is 5.96. The van der Waals surface area contributed by atoms with E-state index in [0.717, 1.165) is 0 Å². The number of hydrogen-bond donors (Lipinski definition) is 0. The molecule has 0 heterocycles. The molecule has 0 aromatic carbocycles. The summed E-state index contributed by atoms with van der Waals surface area (Å²) < 4.78 is 11.0. The Morgan fingerprint density at radius 1 is 1.13 bits per heavy atom. The Balaban J connectivity index is 5.55. The zero-order valence-electron chi connectivity index (χ0n) is 10.2. The van der Waals surface area contributed by atoms with Crippen molar-refractivity contribution in [2.24, 2.45) is 10.8 Å². The summed E-state index contributed by atoms with van der Waals surface area (Å²) in [6.45, 7) is 10.8. The molecular formula is C11H19O3P-2. The van der Waals surface area contributed by atoms with Crippen molar-refractivity contribution in [3.63, 3.8) is 0 Å². The van der Waals surface area contributed by atoms with E-state index in [9.17, 15) is 14.4 Å². The largest absolute Gasteiger partial charge is 0.807 e. The Hall–Kier alpha value is -0.330. The molecule has 0 amide bonds. The first-order chi connectivity index (χ1) is 6.34. The van der Waals surface area contributed by atoms with Gasteiger partial charge in [0.1, 0.15) is 0 Å². The second-order valence-electron chi connectivity index (χ2n) is 5.75. The van der Waals surface area contributed by atoms with Gasteiger partial charge in [0.15, 0.2) is 0 Å². The second kappa shape index (κ2) is 4.27. The van der Waals surface area contributed by atoms with Gasteiger partial charge in [0.25, 0.3) is 0 Å². The average Bonchev–Trinajstić information content (AvgIpc) is 1.75. The fraction of sp³-hybridized carbons (Fsp3) is 0.727. The van der Waals surface area contributed by atoms with Crippen molar-refractivity contribution in [2.45, 2.75) is 41.5 Å². The molecule has 0 aromatic heterocycles. The van der Waals surface area contributed by atoms with Crippen LogP contribution in [0.5, 0.6) is 0 Å². The summed E-state index contributed by atoms with van der Waals surface area (Å²) in [6.07, 6.45) is 1.62. The van der Waals surface area contributed by atoms with Gasteiger partial charge >= 0.3 is 0 Å². The smallest absolute Gasteiger partial charge is 0.00870 e. The van der Waals surface area contributed by atoms with Crippen LogP contribution < -0.4 is 9.79 Å². The zero-order valence-corrected chi connectivity index (χ0v) is 11.1. The summed E-state index contributed by atoms with van der Waals surface area (Å²) in [5.74, 6) is 0. The first-order valence-electron chi connectivity index (χ1n) is 4.85. The van der Waals surface area contributed by atoms with Crippen molar-refractivity contribution in [1.82, 2.24) is 0 Å². The maximum absolute atomic E-state index is 11.0. The van der Waals surface area contributed by atoms with Crippen molar-refractivity contribution in [3.8, 4) is 0 Å². The molecule has 0 spiro atoms. The lowest BCUT2D eigenvalue weighted by Crippen LogP contribution is -2.22. The Morgan fingerprint density at radius 3 is 1.73 bits per heavy atom. The summed E-state index contributed by atoms with van der Waals surface area (Å²) in [6, 6.07) is 0. The molecule has 0 saturated carbocycles. The van der Waals surface area contributed by atoms with Crippen molar-refractivity contribution in [1.29, 1.82) is 0 Å². The van der Waals surface area contributed by atoms with Crippen molar-refractivity contribution >= 4 is 7.60 Å². The molecule has 3 nitrogen and oxygen atoms in total. The lowest BCUT2D eigenvalue weighted by atomic mass is 9.93. The van der Waals surface area contributed by atoms with Crippen LogP contribution in [0.15, 0.2) is 17.1 Å². The van der Waals surface area contributed by atoms with Crippen LogP contribution in [0.1, 0.15) is 41.5 Å². The van der Waals surface area contributed by atoms with Gasteiger partial charge < -0.3 is 14.4 Å². The van der Waals surface area contributed by atoms with Crippen LogP contribution >= 0.6 is 7.60 Å². The third-order valence-corrected chi connectivity index (χ3v) is 2.97. The molecule has 0 aliphatic heterocycles. The minimum Gasteiger partial charge on any atom is -0.807 e. The summed E-state index contributed by atoms with van der Waals surface area (Å²) in [5.41, 5.74) is 1.76. The Bertz CT molecular complexity index is 330. The van der Waals surface area contributed by atoms with E-state index in [1.54, 1.807) is 26.8 Å². The van der Waals surface area contributed by atoms with Crippen LogP contribution in [0, 0.1) is 10.8 Å². The highest BCUT2D eigenvalue weighted by Gasteiger charge is 2.19. The highest BCUT2D eigenvalue weighted by atomic mass is 31.2. The molecule has 0 atom stereocenters. The predicted octanol–water partition coefficient (Wildman–Crippen LogP) is 2.03. The van der Waals surface area contributed by atoms with Crippen LogP contribution in [0.25, 0.3) is 0 Å². The minimum atomic E-state index is -4.71. The van der Waals surface area contributed by atoms with Gasteiger partial charge in [-0.05, 0) is 24.5 Å². The van der Waals surface area contributed by atoms with Crippen LogP contribution in [0.2, 0.25) is 0 Å². The molecule has 0 rings (SSSR count). The van der Waals surface area contributed by atoms with E-state index in [4.69, 9.17) is 0 Å². The number of hydrogen-bond acceptors (Lipinski definition) is 3. The zero-order chi connectivity index (χ0) is 12.5. The normalized spacial score (nSPS) is 13.3. The molecule has 15 heavy (non-hydrogen) atoms. The van der Waals surface area contributed by atoms with Gasteiger partial charge in [-0.15, -0.1) is 5.73 Å². The lowest BCUT2D eigenvalue weighted by Gasteiger charge is -2.38. The van der Waals surface area contributed by atoms with Gasteiger partial charge in [-0.2, -0.15) is 0 Å². The van der Waals surface area contributed by atoms with Crippen LogP contribution in [-0.2, 0) is 4.57 Å². The molecule has 0 fully saturated rings. The van der Waals surface area contributed by atoms with E-state index in [0.29, 0.717) is 0 Å². The van der Waals surface area contributed by atoms with E-state index in [1.807, 2.05) is 20.8 Å². The third-order valence-electron chi connectivity index (χ3n) is 1.63. The van der Waals surface area contributed by atoms with Crippen LogP contribution in [-0.4, -0.2) is 0 Å². The first kappa shape index (κ1) is 14.7. The van der Waals surface area contributed by atoms with Gasteiger partial charge in [-0.25, -0.2) is 0 Å². The Labute approximate surface area is 92.1 Å². The molecule has 4 heteroatoms. The minimum absolute atomic E-state index is 0.162. The molecule has 0 bridgehead atoms. The van der Waals surface area contributed by atoms with Gasteiger partial charge in [0.2, 0.25) is 0 Å². The molecular weight excluding hydrogens is 211 g/mol. The fourth-order valence-electron chi connectivity index (χ4n) is 0.991. The molecule has 88 valence electrons. The summed E-state index contributed by atoms with van der Waals surface area (Å²) >= 11 is 0. The Morgan fingerprint density at radius 2 is 1.53 bits per heavy atom. The Kier molecular flexibility index (Phi) is 4.18. The number of allylic oxidation sites excluding steroid dienone is 1. The average molecular weight is 230 g/mol. The van der Waals surface area contributed by atoms with E-state index in [-0.39, 0.29) is 10.7 Å². The fourth-order valence-corrected chi connectivity index (χ4v) is 2.04. The topological polar surface area (TPSA) is 63.2 Å². The maximum atomic E-state index is 11.0. The summed E-state index contributed by atoms with van der Waals surface area (Å²) in [4.78, 5) is 22.1. The van der Waals surface area contributed by atoms with Crippen molar-refractivity contribution in [2.75, 3.05) is 0 Å². The SMILES string of the molecule is CC(C)(C)C=C=C(C(C)(C)C)P(=O)([O-])[O-]. The van der Waals surface area contributed by atoms with E-state index < -0.39 is 13.0 Å². The molecule has 0 aliphatic rings. The van der Waals surface area contributed by atoms with E-state index in [2.05, 4.69) is 5.73 Å². The molecule has 0 saturated heterocycles. The van der Waals surface area contributed by atoms with Gasteiger partial charge in [0.05, 0.1) is 0 Å². The monoisotopic (exact) mass is 230 g/mol. The summed E-state index contributed by atoms with van der Waals surface area (Å²) in [7, 11) is -4.71. The number of rotatable bonds is 1. The maximum Gasteiger partial charge on any atom is 0.00870 e. The molecule has 0 radical (unpaired) electrons. The quantitative estimate of drug-likeness (QED) is 0.511. The molecule has 0 N–H and O–H groups in total. The molecule has 0 aromatic rings. The highest BCUT2D eigenvalue weighted by Crippen LogP contribution is 2.46. The van der Waals surface area contributed by atoms with Gasteiger partial charge in [-0.1, -0.05) is 41.5 Å². The van der Waals surface area contributed by atoms with E-state index >= 15 is 0 Å². The van der Waals surface area contributed by atoms with Gasteiger partial charge in [0, 0.05) is 5.31 Å². The molecule has 0 aliphatic carbocycles. The van der Waals surface area contributed by atoms with Crippen molar-refractivity contribution in [3.05, 3.63) is 17.1 Å². The van der Waals surface area contributed by atoms with Crippen LogP contribution in [0.3, 0.4) is 0 Å². The lowest BCUT2D eigenvalue weighted by molar-refractivity contribution is -0.311. The second-order valence-corrected chi connectivity index (χ2v) is 7.19. The van der Waals surface area contributed by atoms with Crippen molar-refractivity contribution < 1.29 is 14.4 Å². The van der Waals surface area contributed by atoms with Crippen LogP contribution in [0.4, 0.5) is 0 Å². The first-order valence-corrected chi connectivity index (χ1v) is 6.39. The predicted molar refractivity (Wildman–Crippen MR) is 58.1 cm³/mol.